The van der Waals surface area contributed by atoms with Crippen molar-refractivity contribution in [1.29, 1.82) is 0 Å². The summed E-state index contributed by atoms with van der Waals surface area (Å²) in [7, 11) is -3.76. The minimum Gasteiger partial charge on any atom is -0.494 e. The minimum absolute atomic E-state index is 0.000485. The summed E-state index contributed by atoms with van der Waals surface area (Å²) >= 11 is 0.938. The predicted octanol–water partition coefficient (Wildman–Crippen LogP) is -0.281. The third kappa shape index (κ3) is 3.90. The maximum Gasteiger partial charge on any atom is 0.251 e. The second-order valence-electron chi connectivity index (χ2n) is 4.07. The Bertz CT molecular complexity index is 838. The van der Waals surface area contributed by atoms with E-state index < -0.39 is 27.4 Å². The average Bonchev–Trinajstić information content (AvgIpc) is 2.83. The van der Waals surface area contributed by atoms with Crippen LogP contribution in [-0.2, 0) is 16.6 Å². The fraction of sp³-hybridized carbons (Fsp3) is 0.0909. The molecule has 0 aliphatic carbocycles. The first-order chi connectivity index (χ1) is 9.75. The van der Waals surface area contributed by atoms with E-state index in [1.54, 1.807) is 0 Å². The van der Waals surface area contributed by atoms with Gasteiger partial charge in [-0.25, -0.2) is 13.6 Å². The van der Waals surface area contributed by atoms with Crippen molar-refractivity contribution in [1.82, 2.24) is 10.3 Å². The number of carbonyl (C=O) groups excluding carboxylic acids is 1. The van der Waals surface area contributed by atoms with Crippen LogP contribution < -0.4 is 16.0 Å². The molecule has 0 radical (unpaired) electrons. The van der Waals surface area contributed by atoms with Crippen LogP contribution in [0.15, 0.2) is 33.3 Å². The molecule has 112 valence electrons. The van der Waals surface area contributed by atoms with Crippen LogP contribution in [0.3, 0.4) is 0 Å². The van der Waals surface area contributed by atoms with Gasteiger partial charge in [0.2, 0.25) is 10.0 Å². The summed E-state index contributed by atoms with van der Waals surface area (Å²) in [5.74, 6) is -0.984. The molecule has 0 atom stereocenters. The molecular formula is C11H11N3O5S2. The van der Waals surface area contributed by atoms with Gasteiger partial charge in [0.15, 0.2) is 5.88 Å². The van der Waals surface area contributed by atoms with E-state index >= 15 is 0 Å². The van der Waals surface area contributed by atoms with Gasteiger partial charge in [-0.1, -0.05) is 0 Å². The second kappa shape index (κ2) is 5.68. The lowest BCUT2D eigenvalue weighted by molar-refractivity contribution is 0.0950. The fourth-order valence-electron chi connectivity index (χ4n) is 1.54. The minimum atomic E-state index is -3.76. The highest BCUT2D eigenvalue weighted by Crippen LogP contribution is 2.20. The Hall–Kier alpha value is -2.17. The normalized spacial score (nSPS) is 11.3. The lowest BCUT2D eigenvalue weighted by atomic mass is 10.2. The van der Waals surface area contributed by atoms with Gasteiger partial charge >= 0.3 is 0 Å². The first kappa shape index (κ1) is 15.2. The Morgan fingerprint density at radius 2 is 2.10 bits per heavy atom. The van der Waals surface area contributed by atoms with Crippen LogP contribution in [0.4, 0.5) is 0 Å². The number of pyridine rings is 1. The zero-order chi connectivity index (χ0) is 15.6. The number of rotatable bonds is 4. The Morgan fingerprint density at radius 3 is 2.67 bits per heavy atom. The highest BCUT2D eigenvalue weighted by molar-refractivity contribution is 7.91. The van der Waals surface area contributed by atoms with Crippen LogP contribution in [-0.4, -0.2) is 24.4 Å². The molecule has 2 aromatic rings. The van der Waals surface area contributed by atoms with Gasteiger partial charge in [-0.3, -0.25) is 14.6 Å². The van der Waals surface area contributed by atoms with Crippen LogP contribution in [0.5, 0.6) is 5.88 Å². The predicted molar refractivity (Wildman–Crippen MR) is 75.6 cm³/mol. The first-order valence-electron chi connectivity index (χ1n) is 5.59. The average molecular weight is 329 g/mol. The monoisotopic (exact) mass is 329 g/mol. The Labute approximate surface area is 123 Å². The van der Waals surface area contributed by atoms with Crippen molar-refractivity contribution >= 4 is 27.3 Å². The van der Waals surface area contributed by atoms with E-state index in [9.17, 15) is 23.1 Å². The molecule has 0 spiro atoms. The summed E-state index contributed by atoms with van der Waals surface area (Å²) in [5.41, 5.74) is -0.604. The van der Waals surface area contributed by atoms with Gasteiger partial charge in [0.05, 0.1) is 12.1 Å². The van der Waals surface area contributed by atoms with E-state index in [4.69, 9.17) is 5.14 Å². The van der Waals surface area contributed by atoms with Gasteiger partial charge in [-0.05, 0) is 12.1 Å². The number of aromatic hydroxyl groups is 1. The largest absolute Gasteiger partial charge is 0.494 e. The summed E-state index contributed by atoms with van der Waals surface area (Å²) in [6.07, 6.45) is 0. The molecule has 10 heteroatoms. The van der Waals surface area contributed by atoms with Crippen molar-refractivity contribution in [2.75, 3.05) is 0 Å². The molecule has 0 aromatic carbocycles. The number of hydrogen-bond acceptors (Lipinski definition) is 6. The number of aromatic amines is 1. The molecule has 5 N–H and O–H groups in total. The van der Waals surface area contributed by atoms with Crippen LogP contribution in [0.2, 0.25) is 0 Å². The van der Waals surface area contributed by atoms with Crippen LogP contribution in [0.1, 0.15) is 15.2 Å². The number of hydrogen-bond donors (Lipinski definition) is 4. The zero-order valence-electron chi connectivity index (χ0n) is 10.5. The molecule has 0 saturated heterocycles. The molecule has 0 bridgehead atoms. The number of thiophene rings is 1. The van der Waals surface area contributed by atoms with E-state index in [-0.39, 0.29) is 16.3 Å². The van der Waals surface area contributed by atoms with Gasteiger partial charge in [-0.15, -0.1) is 11.3 Å². The van der Waals surface area contributed by atoms with Crippen LogP contribution in [0, 0.1) is 0 Å². The fourth-order valence-corrected chi connectivity index (χ4v) is 3.25. The van der Waals surface area contributed by atoms with Crippen molar-refractivity contribution in [2.45, 2.75) is 10.8 Å². The van der Waals surface area contributed by atoms with Crippen molar-refractivity contribution in [3.05, 3.63) is 45.1 Å². The van der Waals surface area contributed by atoms with E-state index in [0.29, 0.717) is 4.88 Å². The number of H-pyrrole nitrogens is 1. The third-order valence-corrected chi connectivity index (χ3v) is 4.96. The standard InChI is InChI=1S/C11H11N3O5S2/c12-21(18,19)10-2-1-7(20-10)5-13-11(17)6-3-8(15)14-9(16)4-6/h1-4H,5H2,(H,13,17)(H2,12,18,19)(H2,14,15,16). The number of nitrogens with two attached hydrogens (primary N) is 1. The Balaban J connectivity index is 2.07. The number of primary sulfonamides is 1. The molecule has 2 aromatic heterocycles. The van der Waals surface area contributed by atoms with Crippen molar-refractivity contribution in [2.24, 2.45) is 5.14 Å². The lowest BCUT2D eigenvalue weighted by Gasteiger charge is -2.03. The Morgan fingerprint density at radius 1 is 1.38 bits per heavy atom. The van der Waals surface area contributed by atoms with Crippen LogP contribution in [0.25, 0.3) is 0 Å². The molecule has 0 aliphatic heterocycles. The number of sulfonamides is 1. The van der Waals surface area contributed by atoms with Crippen molar-refractivity contribution in [3.63, 3.8) is 0 Å². The molecule has 2 heterocycles. The topological polar surface area (TPSA) is 142 Å². The Kier molecular flexibility index (Phi) is 4.11. The third-order valence-electron chi connectivity index (χ3n) is 2.43. The van der Waals surface area contributed by atoms with E-state index in [2.05, 4.69) is 10.3 Å². The van der Waals surface area contributed by atoms with Crippen molar-refractivity contribution in [3.8, 4) is 5.88 Å². The second-order valence-corrected chi connectivity index (χ2v) is 7.02. The smallest absolute Gasteiger partial charge is 0.251 e. The number of aromatic nitrogens is 1. The summed E-state index contributed by atoms with van der Waals surface area (Å²) in [6, 6.07) is 5.03. The SMILES string of the molecule is NS(=O)(=O)c1ccc(CNC(=O)c2cc(O)[nH]c(=O)c2)s1. The van der Waals surface area contributed by atoms with Crippen molar-refractivity contribution < 1.29 is 18.3 Å². The molecule has 8 nitrogen and oxygen atoms in total. The molecule has 0 fully saturated rings. The quantitative estimate of drug-likeness (QED) is 0.610. The molecular weight excluding hydrogens is 318 g/mol. The van der Waals surface area contributed by atoms with Gasteiger partial charge in [0.25, 0.3) is 11.5 Å². The summed E-state index contributed by atoms with van der Waals surface area (Å²) < 4.78 is 22.2. The van der Waals surface area contributed by atoms with E-state index in [0.717, 1.165) is 23.5 Å². The summed E-state index contributed by atoms with van der Waals surface area (Å²) in [5, 5.41) is 16.7. The number of carbonyl (C=O) groups is 1. The van der Waals surface area contributed by atoms with E-state index in [1.807, 2.05) is 0 Å². The molecule has 21 heavy (non-hydrogen) atoms. The maximum atomic E-state index is 11.8. The molecule has 2 rings (SSSR count). The van der Waals surface area contributed by atoms with Gasteiger partial charge in [-0.2, -0.15) is 0 Å². The molecule has 0 unspecified atom stereocenters. The highest BCUT2D eigenvalue weighted by atomic mass is 32.2. The molecule has 0 aliphatic rings. The van der Waals surface area contributed by atoms with Gasteiger partial charge in [0, 0.05) is 17.0 Å². The molecule has 1 amide bonds. The lowest BCUT2D eigenvalue weighted by Crippen LogP contribution is -2.23. The summed E-state index contributed by atoms with van der Waals surface area (Å²) in [4.78, 5) is 25.6. The van der Waals surface area contributed by atoms with Gasteiger partial charge in [0.1, 0.15) is 4.21 Å². The number of amides is 1. The molecule has 0 saturated carbocycles. The summed E-state index contributed by atoms with van der Waals surface area (Å²) in [6.45, 7) is 0.0760. The first-order valence-corrected chi connectivity index (χ1v) is 7.95. The zero-order valence-corrected chi connectivity index (χ0v) is 12.1. The number of nitrogens with one attached hydrogen (secondary N) is 2. The highest BCUT2D eigenvalue weighted by Gasteiger charge is 2.12. The van der Waals surface area contributed by atoms with E-state index in [1.165, 1.54) is 12.1 Å². The maximum absolute atomic E-state index is 11.8. The van der Waals surface area contributed by atoms with Gasteiger partial charge < -0.3 is 10.4 Å². The van der Waals surface area contributed by atoms with Crippen LogP contribution >= 0.6 is 11.3 Å².